The SMILES string of the molecule is Cc1cc(-c2ccc(CNc3ncnc4cc(-c5cnccn5)ccc34)c(C)n2)ccn1. The van der Waals surface area contributed by atoms with Crippen LogP contribution in [-0.2, 0) is 6.54 Å². The second-order valence-electron chi connectivity index (χ2n) is 7.53. The Bertz CT molecular complexity index is 1400. The molecular formula is C25H21N7. The predicted molar refractivity (Wildman–Crippen MR) is 125 cm³/mol. The Kier molecular flexibility index (Phi) is 5.21. The van der Waals surface area contributed by atoms with Crippen molar-refractivity contribution < 1.29 is 0 Å². The van der Waals surface area contributed by atoms with Crippen LogP contribution in [0.3, 0.4) is 0 Å². The van der Waals surface area contributed by atoms with Crippen LogP contribution in [-0.4, -0.2) is 29.9 Å². The summed E-state index contributed by atoms with van der Waals surface area (Å²) >= 11 is 0. The lowest BCUT2D eigenvalue weighted by atomic mass is 10.1. The molecule has 0 atom stereocenters. The Labute approximate surface area is 185 Å². The van der Waals surface area contributed by atoms with Crippen molar-refractivity contribution in [1.82, 2.24) is 29.9 Å². The lowest BCUT2D eigenvalue weighted by molar-refractivity contribution is 1.04. The van der Waals surface area contributed by atoms with Crippen LogP contribution in [0.25, 0.3) is 33.4 Å². The predicted octanol–water partition coefficient (Wildman–Crippen LogP) is 4.77. The summed E-state index contributed by atoms with van der Waals surface area (Å²) in [6.07, 6.45) is 8.48. The van der Waals surface area contributed by atoms with Crippen LogP contribution < -0.4 is 5.32 Å². The van der Waals surface area contributed by atoms with Gasteiger partial charge in [0.1, 0.15) is 12.1 Å². The van der Waals surface area contributed by atoms with E-state index in [1.807, 2.05) is 56.4 Å². The minimum Gasteiger partial charge on any atom is -0.365 e. The van der Waals surface area contributed by atoms with Gasteiger partial charge in [-0.15, -0.1) is 0 Å². The number of rotatable bonds is 5. The maximum absolute atomic E-state index is 4.79. The van der Waals surface area contributed by atoms with Gasteiger partial charge < -0.3 is 5.32 Å². The maximum atomic E-state index is 4.79. The maximum Gasteiger partial charge on any atom is 0.137 e. The van der Waals surface area contributed by atoms with Crippen molar-refractivity contribution in [2.75, 3.05) is 5.32 Å². The molecule has 7 nitrogen and oxygen atoms in total. The van der Waals surface area contributed by atoms with Gasteiger partial charge in [-0.3, -0.25) is 19.9 Å². The molecule has 0 aliphatic heterocycles. The zero-order valence-electron chi connectivity index (χ0n) is 17.8. The van der Waals surface area contributed by atoms with E-state index in [0.717, 1.165) is 56.2 Å². The van der Waals surface area contributed by atoms with Crippen LogP contribution >= 0.6 is 0 Å². The number of anilines is 1. The standard InChI is InChI=1S/C25H21N7/c1-16-11-19(7-8-27-16)22-6-4-20(17(2)32-22)13-29-25-21-5-3-18(12-23(21)30-15-31-25)24-14-26-9-10-28-24/h3-12,14-15H,13H2,1-2H3,(H,29,30,31). The number of nitrogens with zero attached hydrogens (tertiary/aromatic N) is 6. The fourth-order valence-electron chi connectivity index (χ4n) is 3.63. The average Bonchev–Trinajstić information content (AvgIpc) is 2.83. The van der Waals surface area contributed by atoms with Gasteiger partial charge >= 0.3 is 0 Å². The molecule has 5 aromatic rings. The smallest absolute Gasteiger partial charge is 0.137 e. The second-order valence-corrected chi connectivity index (χ2v) is 7.53. The topological polar surface area (TPSA) is 89.4 Å². The van der Waals surface area contributed by atoms with Gasteiger partial charge in [-0.2, -0.15) is 0 Å². The molecule has 0 bridgehead atoms. The number of pyridine rings is 2. The van der Waals surface area contributed by atoms with E-state index in [1.54, 1.807) is 24.9 Å². The molecule has 0 fully saturated rings. The first-order valence-electron chi connectivity index (χ1n) is 10.3. The van der Waals surface area contributed by atoms with Gasteiger partial charge in [0.2, 0.25) is 0 Å². The number of aromatic nitrogens is 6. The summed E-state index contributed by atoms with van der Waals surface area (Å²) in [5.41, 5.74) is 7.72. The highest BCUT2D eigenvalue weighted by atomic mass is 15.0. The normalized spacial score (nSPS) is 10.9. The van der Waals surface area contributed by atoms with Crippen LogP contribution in [0.15, 0.2) is 73.6 Å². The summed E-state index contributed by atoms with van der Waals surface area (Å²) < 4.78 is 0. The number of hydrogen-bond donors (Lipinski definition) is 1. The number of fused-ring (bicyclic) bond motifs is 1. The van der Waals surface area contributed by atoms with Crippen molar-refractivity contribution in [1.29, 1.82) is 0 Å². The quantitative estimate of drug-likeness (QED) is 0.439. The number of benzene rings is 1. The third kappa shape index (κ3) is 4.00. The third-order valence-electron chi connectivity index (χ3n) is 5.33. The molecule has 156 valence electrons. The van der Waals surface area contributed by atoms with E-state index in [2.05, 4.69) is 36.3 Å². The van der Waals surface area contributed by atoms with Gasteiger partial charge in [0.05, 0.1) is 23.1 Å². The molecule has 0 saturated carbocycles. The highest BCUT2D eigenvalue weighted by Crippen LogP contribution is 2.26. The molecule has 0 spiro atoms. The minimum absolute atomic E-state index is 0.618. The molecule has 0 aliphatic rings. The van der Waals surface area contributed by atoms with Crippen LogP contribution in [0.2, 0.25) is 0 Å². The summed E-state index contributed by atoms with van der Waals surface area (Å²) in [6.45, 7) is 4.63. The first-order valence-corrected chi connectivity index (χ1v) is 10.3. The molecule has 0 unspecified atom stereocenters. The van der Waals surface area contributed by atoms with Gasteiger partial charge in [-0.1, -0.05) is 12.1 Å². The van der Waals surface area contributed by atoms with Crippen molar-refractivity contribution >= 4 is 16.7 Å². The molecule has 1 aromatic carbocycles. The molecule has 0 aliphatic carbocycles. The number of nitrogens with one attached hydrogen (secondary N) is 1. The fraction of sp³-hybridized carbons (Fsp3) is 0.120. The van der Waals surface area contributed by atoms with Gasteiger partial charge in [-0.05, 0) is 49.7 Å². The summed E-state index contributed by atoms with van der Waals surface area (Å²) in [7, 11) is 0. The highest BCUT2D eigenvalue weighted by molar-refractivity contribution is 5.91. The third-order valence-corrected chi connectivity index (χ3v) is 5.33. The molecule has 4 aromatic heterocycles. The van der Waals surface area contributed by atoms with E-state index in [-0.39, 0.29) is 0 Å². The highest BCUT2D eigenvalue weighted by Gasteiger charge is 2.09. The lowest BCUT2D eigenvalue weighted by Gasteiger charge is -2.12. The molecule has 7 heteroatoms. The minimum atomic E-state index is 0.618. The summed E-state index contributed by atoms with van der Waals surface area (Å²) in [4.78, 5) is 26.4. The second kappa shape index (κ2) is 8.47. The average molecular weight is 419 g/mol. The lowest BCUT2D eigenvalue weighted by Crippen LogP contribution is -2.05. The molecule has 0 radical (unpaired) electrons. The Balaban J connectivity index is 1.38. The van der Waals surface area contributed by atoms with Gasteiger partial charge in [0.15, 0.2) is 0 Å². The Hall–Kier alpha value is -4.26. The van der Waals surface area contributed by atoms with E-state index < -0.39 is 0 Å². The van der Waals surface area contributed by atoms with Crippen LogP contribution in [0, 0.1) is 13.8 Å². The first kappa shape index (κ1) is 19.7. The first-order chi connectivity index (χ1) is 15.7. The Morgan fingerprint density at radius 1 is 0.781 bits per heavy atom. The van der Waals surface area contributed by atoms with E-state index in [4.69, 9.17) is 4.98 Å². The van der Waals surface area contributed by atoms with Crippen molar-refractivity contribution in [3.8, 4) is 22.5 Å². The molecule has 5 rings (SSSR count). The van der Waals surface area contributed by atoms with Crippen molar-refractivity contribution in [3.05, 3.63) is 90.5 Å². The zero-order chi connectivity index (χ0) is 21.9. The van der Waals surface area contributed by atoms with E-state index >= 15 is 0 Å². The molecule has 4 heterocycles. The Morgan fingerprint density at radius 3 is 2.50 bits per heavy atom. The largest absolute Gasteiger partial charge is 0.365 e. The van der Waals surface area contributed by atoms with Crippen molar-refractivity contribution in [2.24, 2.45) is 0 Å². The number of aryl methyl sites for hydroxylation is 2. The van der Waals surface area contributed by atoms with Crippen LogP contribution in [0.4, 0.5) is 5.82 Å². The zero-order valence-corrected chi connectivity index (χ0v) is 17.8. The van der Waals surface area contributed by atoms with Gasteiger partial charge in [0, 0.05) is 53.0 Å². The molecule has 0 amide bonds. The molecular weight excluding hydrogens is 398 g/mol. The van der Waals surface area contributed by atoms with E-state index in [1.165, 1.54) is 0 Å². The summed E-state index contributed by atoms with van der Waals surface area (Å²) in [5.74, 6) is 0.786. The van der Waals surface area contributed by atoms with Gasteiger partial charge in [-0.25, -0.2) is 9.97 Å². The summed E-state index contributed by atoms with van der Waals surface area (Å²) in [5, 5.41) is 4.40. The fourth-order valence-corrected chi connectivity index (χ4v) is 3.63. The monoisotopic (exact) mass is 419 g/mol. The van der Waals surface area contributed by atoms with Crippen LogP contribution in [0.1, 0.15) is 17.0 Å². The van der Waals surface area contributed by atoms with E-state index in [9.17, 15) is 0 Å². The Morgan fingerprint density at radius 2 is 1.69 bits per heavy atom. The molecule has 1 N–H and O–H groups in total. The summed E-state index contributed by atoms with van der Waals surface area (Å²) in [6, 6.07) is 14.2. The van der Waals surface area contributed by atoms with Crippen LogP contribution in [0.5, 0.6) is 0 Å². The molecule has 0 saturated heterocycles. The van der Waals surface area contributed by atoms with Gasteiger partial charge in [0.25, 0.3) is 0 Å². The van der Waals surface area contributed by atoms with E-state index in [0.29, 0.717) is 6.54 Å². The number of hydrogen-bond acceptors (Lipinski definition) is 7. The van der Waals surface area contributed by atoms with Crippen molar-refractivity contribution in [2.45, 2.75) is 20.4 Å². The van der Waals surface area contributed by atoms with Crippen molar-refractivity contribution in [3.63, 3.8) is 0 Å². The molecule has 32 heavy (non-hydrogen) atoms.